The van der Waals surface area contributed by atoms with Crippen molar-refractivity contribution >= 4 is 34.7 Å². The monoisotopic (exact) mass is 363 g/mol. The van der Waals surface area contributed by atoms with Crippen molar-refractivity contribution in [1.29, 1.82) is 0 Å². The van der Waals surface area contributed by atoms with E-state index >= 15 is 0 Å². The average Bonchev–Trinajstić information content (AvgIpc) is 3.15. The molecule has 5 rings (SSSR count). The molecule has 0 aliphatic carbocycles. The Morgan fingerprint density at radius 3 is 2.96 bits per heavy atom. The molecule has 2 atom stereocenters. The zero-order valence-electron chi connectivity index (χ0n) is 13.2. The van der Waals surface area contributed by atoms with Crippen LogP contribution in [-0.2, 0) is 11.3 Å². The summed E-state index contributed by atoms with van der Waals surface area (Å²) >= 11 is 2.66. The first-order valence-corrected chi connectivity index (χ1v) is 9.61. The molecule has 9 heteroatoms. The Morgan fingerprint density at radius 2 is 2.25 bits per heavy atom. The van der Waals surface area contributed by atoms with Crippen molar-refractivity contribution in [2.45, 2.75) is 32.4 Å². The molecule has 5 heterocycles. The van der Waals surface area contributed by atoms with Crippen LogP contribution in [0.3, 0.4) is 0 Å². The van der Waals surface area contributed by atoms with E-state index < -0.39 is 0 Å². The van der Waals surface area contributed by atoms with E-state index in [2.05, 4.69) is 14.6 Å². The Bertz CT molecular complexity index is 760. The zero-order valence-corrected chi connectivity index (χ0v) is 14.8. The molecule has 0 saturated carbocycles. The SMILES string of the molecule is Cc1nnsc1C(=O)N1C[C@@H]2CC[C@H](C1)N(Cc1cscn1)C2=O. The molecule has 0 radical (unpaired) electrons. The molecule has 7 nitrogen and oxygen atoms in total. The van der Waals surface area contributed by atoms with Crippen molar-refractivity contribution in [3.05, 3.63) is 27.2 Å². The summed E-state index contributed by atoms with van der Waals surface area (Å²) in [4.78, 5) is 34.2. The highest BCUT2D eigenvalue weighted by atomic mass is 32.1. The van der Waals surface area contributed by atoms with E-state index in [-0.39, 0.29) is 23.8 Å². The van der Waals surface area contributed by atoms with Crippen LogP contribution in [0.5, 0.6) is 0 Å². The molecular weight excluding hydrogens is 346 g/mol. The molecule has 0 N–H and O–H groups in total. The number of nitrogens with zero attached hydrogens (tertiary/aromatic N) is 5. The number of amides is 2. The third-order valence-corrected chi connectivity index (χ3v) is 6.19. The third-order valence-electron chi connectivity index (χ3n) is 4.74. The Balaban J connectivity index is 1.57. The largest absolute Gasteiger partial charge is 0.335 e. The van der Waals surface area contributed by atoms with Crippen molar-refractivity contribution in [2.75, 3.05) is 13.1 Å². The van der Waals surface area contributed by atoms with Gasteiger partial charge in [0.2, 0.25) is 5.91 Å². The van der Waals surface area contributed by atoms with Gasteiger partial charge in [0.05, 0.1) is 29.4 Å². The number of thiazole rings is 1. The summed E-state index contributed by atoms with van der Waals surface area (Å²) in [5.74, 6) is -0.0241. The van der Waals surface area contributed by atoms with E-state index in [9.17, 15) is 9.59 Å². The van der Waals surface area contributed by atoms with Crippen LogP contribution in [0.4, 0.5) is 0 Å². The molecule has 0 spiro atoms. The van der Waals surface area contributed by atoms with Crippen molar-refractivity contribution in [2.24, 2.45) is 5.92 Å². The van der Waals surface area contributed by atoms with Crippen molar-refractivity contribution in [1.82, 2.24) is 24.4 Å². The lowest BCUT2D eigenvalue weighted by molar-refractivity contribution is -0.140. The van der Waals surface area contributed by atoms with Gasteiger partial charge in [-0.15, -0.1) is 16.4 Å². The Labute approximate surface area is 147 Å². The van der Waals surface area contributed by atoms with E-state index in [0.29, 0.717) is 30.2 Å². The van der Waals surface area contributed by atoms with Crippen LogP contribution in [0.2, 0.25) is 0 Å². The highest BCUT2D eigenvalue weighted by molar-refractivity contribution is 7.08. The van der Waals surface area contributed by atoms with Crippen LogP contribution in [0.1, 0.15) is 33.9 Å². The van der Waals surface area contributed by atoms with Gasteiger partial charge < -0.3 is 9.80 Å². The highest BCUT2D eigenvalue weighted by Crippen LogP contribution is 2.31. The van der Waals surface area contributed by atoms with Gasteiger partial charge in [0.15, 0.2) is 0 Å². The first-order valence-electron chi connectivity index (χ1n) is 7.89. The zero-order chi connectivity index (χ0) is 16.7. The minimum atomic E-state index is -0.118. The Kier molecular flexibility index (Phi) is 4.05. The number of hydrogen-bond donors (Lipinski definition) is 0. The minimum Gasteiger partial charge on any atom is -0.335 e. The highest BCUT2D eigenvalue weighted by Gasteiger charge is 2.42. The third kappa shape index (κ3) is 2.71. The van der Waals surface area contributed by atoms with E-state index in [1.807, 2.05) is 15.2 Å². The van der Waals surface area contributed by atoms with Gasteiger partial charge in [-0.25, -0.2) is 4.98 Å². The number of piperidine rings is 1. The van der Waals surface area contributed by atoms with E-state index in [1.54, 1.807) is 12.4 Å². The van der Waals surface area contributed by atoms with Crippen LogP contribution >= 0.6 is 22.9 Å². The van der Waals surface area contributed by atoms with Crippen LogP contribution in [0.15, 0.2) is 10.9 Å². The predicted molar refractivity (Wildman–Crippen MR) is 89.7 cm³/mol. The van der Waals surface area contributed by atoms with Gasteiger partial charge in [-0.2, -0.15) is 0 Å². The van der Waals surface area contributed by atoms with Gasteiger partial charge in [0.25, 0.3) is 5.91 Å². The molecule has 3 saturated heterocycles. The number of hydrogen-bond acceptors (Lipinski definition) is 7. The van der Waals surface area contributed by atoms with Crippen LogP contribution in [-0.4, -0.2) is 55.3 Å². The summed E-state index contributed by atoms with van der Waals surface area (Å²) in [5, 5.41) is 5.90. The number of aryl methyl sites for hydroxylation is 1. The fourth-order valence-electron chi connectivity index (χ4n) is 3.48. The molecular formula is C15H17N5O2S2. The molecule has 3 aliphatic heterocycles. The van der Waals surface area contributed by atoms with Gasteiger partial charge in [-0.3, -0.25) is 9.59 Å². The van der Waals surface area contributed by atoms with Gasteiger partial charge in [-0.1, -0.05) is 4.49 Å². The maximum absolute atomic E-state index is 12.8. The van der Waals surface area contributed by atoms with E-state index in [0.717, 1.165) is 30.1 Å². The van der Waals surface area contributed by atoms with Gasteiger partial charge in [-0.05, 0) is 31.3 Å². The minimum absolute atomic E-state index is 0.0530. The summed E-state index contributed by atoms with van der Waals surface area (Å²) < 4.78 is 3.85. The summed E-state index contributed by atoms with van der Waals surface area (Å²) in [6.45, 7) is 3.39. The first kappa shape index (κ1) is 15.6. The van der Waals surface area contributed by atoms with E-state index in [1.165, 1.54) is 11.3 Å². The second kappa shape index (κ2) is 6.21. The van der Waals surface area contributed by atoms with Gasteiger partial charge in [0.1, 0.15) is 4.88 Å². The molecule has 24 heavy (non-hydrogen) atoms. The predicted octanol–water partition coefficient (Wildman–Crippen LogP) is 1.57. The lowest BCUT2D eigenvalue weighted by atomic mass is 9.94. The fraction of sp³-hybridized carbons (Fsp3) is 0.533. The standard InChI is InChI=1S/C15H17N5O2S2/c1-9-13(24-18-17-9)15(22)19-4-10-2-3-12(6-19)20(14(10)21)5-11-7-23-8-16-11/h7-8,10,12H,2-6H2,1H3/t10-,12+/m0/s1. The van der Waals surface area contributed by atoms with Crippen LogP contribution in [0, 0.1) is 12.8 Å². The Hall–Kier alpha value is -1.87. The maximum Gasteiger partial charge on any atom is 0.267 e. The van der Waals surface area contributed by atoms with E-state index in [4.69, 9.17) is 0 Å². The van der Waals surface area contributed by atoms with Gasteiger partial charge in [0, 0.05) is 24.5 Å². The van der Waals surface area contributed by atoms with Crippen molar-refractivity contribution < 1.29 is 9.59 Å². The van der Waals surface area contributed by atoms with Gasteiger partial charge >= 0.3 is 0 Å². The maximum atomic E-state index is 12.8. The topological polar surface area (TPSA) is 79.3 Å². The molecule has 2 aromatic rings. The fourth-order valence-corrected chi connectivity index (χ4v) is 4.65. The summed E-state index contributed by atoms with van der Waals surface area (Å²) in [6.07, 6.45) is 1.78. The molecule has 2 bridgehead atoms. The average molecular weight is 363 g/mol. The number of carbonyl (C=O) groups is 2. The molecule has 2 aromatic heterocycles. The first-order chi connectivity index (χ1) is 11.6. The molecule has 126 valence electrons. The number of carbonyl (C=O) groups excluding carboxylic acids is 2. The number of rotatable bonds is 3. The van der Waals surface area contributed by atoms with Crippen LogP contribution in [0.25, 0.3) is 0 Å². The molecule has 3 fully saturated rings. The number of aromatic nitrogens is 3. The quantitative estimate of drug-likeness (QED) is 0.827. The number of fused-ring (bicyclic) bond motifs is 4. The molecule has 2 amide bonds. The molecule has 3 aliphatic rings. The normalized spacial score (nSPS) is 23.6. The second-order valence-electron chi connectivity index (χ2n) is 6.27. The second-order valence-corrected chi connectivity index (χ2v) is 7.74. The van der Waals surface area contributed by atoms with Crippen LogP contribution < -0.4 is 0 Å². The molecule has 0 aromatic carbocycles. The Morgan fingerprint density at radius 1 is 1.38 bits per heavy atom. The lowest BCUT2D eigenvalue weighted by Crippen LogP contribution is -2.47. The summed E-state index contributed by atoms with van der Waals surface area (Å²) in [5.41, 5.74) is 3.36. The lowest BCUT2D eigenvalue weighted by Gasteiger charge is -2.35. The summed E-state index contributed by atoms with van der Waals surface area (Å²) in [6, 6.07) is 0.0584. The van der Waals surface area contributed by atoms with Crippen molar-refractivity contribution in [3.8, 4) is 0 Å². The molecule has 0 unspecified atom stereocenters. The van der Waals surface area contributed by atoms with Crippen molar-refractivity contribution in [3.63, 3.8) is 0 Å². The smallest absolute Gasteiger partial charge is 0.267 e. The summed E-state index contributed by atoms with van der Waals surface area (Å²) in [7, 11) is 0.